The zero-order chi connectivity index (χ0) is 54.2. The number of hydrogen-bond donors (Lipinski definition) is 0. The standard InChI is InChI=1S/C78H135N3/c1-6-16-58(17-7-1)62-26-42-73(43-27-62)80(74-44-28-63(29-45-74)59-18-8-2-9-19-59)77-54-38-68(39-55-77)66-34-50-71(51-35-66)79(70-24-14-5-15-25-70)72-52-36-67(37-53-72)69-40-56-78(57-41-69)81(75-46-30-64(31-47-75)60-20-10-3-11-21-60)76-48-32-65(33-49-76)61-22-12-4-13-23-61/h58-78H,1-57H2. The molecule has 0 heterocycles. The maximum Gasteiger partial charge on any atom is 0.0101 e. The average Bonchev–Trinajstić information content (AvgIpc) is 3.56. The third-order valence-electron chi connectivity index (χ3n) is 29.9. The molecule has 0 radical (unpaired) electrons. The fourth-order valence-electron chi connectivity index (χ4n) is 25.5. The van der Waals surface area contributed by atoms with Crippen molar-refractivity contribution >= 4 is 0 Å². The average molecular weight is 1110 g/mol. The summed E-state index contributed by atoms with van der Waals surface area (Å²) in [7, 11) is 0. The molecule has 13 saturated carbocycles. The van der Waals surface area contributed by atoms with E-state index in [-0.39, 0.29) is 0 Å². The lowest BCUT2D eigenvalue weighted by Gasteiger charge is -2.52. The summed E-state index contributed by atoms with van der Waals surface area (Å²) >= 11 is 0. The van der Waals surface area contributed by atoms with Crippen LogP contribution in [0.3, 0.4) is 0 Å². The summed E-state index contributed by atoms with van der Waals surface area (Å²) < 4.78 is 0. The van der Waals surface area contributed by atoms with Crippen molar-refractivity contribution in [3.8, 4) is 0 Å². The van der Waals surface area contributed by atoms with E-state index in [0.29, 0.717) is 0 Å². The van der Waals surface area contributed by atoms with Crippen LogP contribution in [0.25, 0.3) is 0 Å². The third-order valence-corrected chi connectivity index (χ3v) is 29.9. The maximum absolute atomic E-state index is 3.36. The van der Waals surface area contributed by atoms with Crippen molar-refractivity contribution in [2.24, 2.45) is 71.0 Å². The van der Waals surface area contributed by atoms with E-state index in [0.717, 1.165) is 125 Å². The van der Waals surface area contributed by atoms with Gasteiger partial charge in [0.15, 0.2) is 0 Å². The molecule has 0 aromatic rings. The lowest BCUT2D eigenvalue weighted by molar-refractivity contribution is -0.0222. The Morgan fingerprint density at radius 1 is 0.0988 bits per heavy atom. The van der Waals surface area contributed by atoms with Crippen molar-refractivity contribution in [1.82, 2.24) is 14.7 Å². The molecule has 13 rings (SSSR count). The van der Waals surface area contributed by atoms with E-state index in [9.17, 15) is 0 Å². The number of hydrogen-bond acceptors (Lipinski definition) is 3. The minimum atomic E-state index is 0.905. The molecule has 81 heavy (non-hydrogen) atoms. The van der Waals surface area contributed by atoms with Gasteiger partial charge in [0, 0.05) is 54.4 Å². The van der Waals surface area contributed by atoms with Gasteiger partial charge in [0.25, 0.3) is 0 Å². The lowest BCUT2D eigenvalue weighted by atomic mass is 9.68. The Labute approximate surface area is 503 Å². The van der Waals surface area contributed by atoms with Gasteiger partial charge in [0.1, 0.15) is 0 Å². The zero-order valence-corrected chi connectivity index (χ0v) is 53.8. The smallest absolute Gasteiger partial charge is 0.0101 e. The highest BCUT2D eigenvalue weighted by atomic mass is 15.2. The molecule has 0 spiro atoms. The molecule has 13 aliphatic carbocycles. The fourth-order valence-corrected chi connectivity index (χ4v) is 25.5. The normalized spacial score (nSPS) is 42.6. The van der Waals surface area contributed by atoms with Gasteiger partial charge in [-0.3, -0.25) is 14.7 Å². The quantitative estimate of drug-likeness (QED) is 0.162. The second-order valence-corrected chi connectivity index (χ2v) is 33.8. The molecule has 13 fully saturated rings. The van der Waals surface area contributed by atoms with Crippen LogP contribution in [-0.2, 0) is 0 Å². The molecule has 0 bridgehead atoms. The molecule has 0 saturated heterocycles. The predicted molar refractivity (Wildman–Crippen MR) is 345 cm³/mol. The molecule has 462 valence electrons. The number of nitrogens with zero attached hydrogens (tertiary/aromatic N) is 3. The first-order valence-electron chi connectivity index (χ1n) is 39.5. The van der Waals surface area contributed by atoms with Gasteiger partial charge < -0.3 is 0 Å². The second-order valence-electron chi connectivity index (χ2n) is 33.8. The van der Waals surface area contributed by atoms with Crippen LogP contribution in [0, 0.1) is 71.0 Å². The van der Waals surface area contributed by atoms with Crippen LogP contribution in [0.1, 0.15) is 366 Å². The molecular formula is C78H135N3. The van der Waals surface area contributed by atoms with Crippen molar-refractivity contribution in [3.05, 3.63) is 0 Å². The molecule has 0 atom stereocenters. The van der Waals surface area contributed by atoms with Gasteiger partial charge in [-0.05, 0) is 289 Å². The van der Waals surface area contributed by atoms with Crippen LogP contribution in [0.5, 0.6) is 0 Å². The highest BCUT2D eigenvalue weighted by Gasteiger charge is 2.46. The first-order valence-corrected chi connectivity index (χ1v) is 39.5. The van der Waals surface area contributed by atoms with Crippen molar-refractivity contribution in [3.63, 3.8) is 0 Å². The highest BCUT2D eigenvalue weighted by molar-refractivity contribution is 5.00. The first kappa shape index (κ1) is 59.8. The monoisotopic (exact) mass is 1110 g/mol. The summed E-state index contributed by atoms with van der Waals surface area (Å²) in [5, 5.41) is 0. The Morgan fingerprint density at radius 2 is 0.210 bits per heavy atom. The van der Waals surface area contributed by atoms with Gasteiger partial charge in [-0.1, -0.05) is 148 Å². The Bertz CT molecular complexity index is 1540. The Balaban J connectivity index is 0.590. The van der Waals surface area contributed by atoms with Gasteiger partial charge in [0.2, 0.25) is 0 Å². The van der Waals surface area contributed by atoms with Crippen LogP contribution in [0.4, 0.5) is 0 Å². The lowest BCUT2D eigenvalue weighted by Crippen LogP contribution is -2.54. The minimum Gasteiger partial charge on any atom is -0.294 e. The summed E-state index contributed by atoms with van der Waals surface area (Å²) in [4.78, 5) is 10.1. The van der Waals surface area contributed by atoms with Crippen LogP contribution in [0.2, 0.25) is 0 Å². The Hall–Kier alpha value is -0.120. The largest absolute Gasteiger partial charge is 0.294 e. The number of rotatable bonds is 15. The van der Waals surface area contributed by atoms with Crippen LogP contribution >= 0.6 is 0 Å². The van der Waals surface area contributed by atoms with Crippen LogP contribution in [-0.4, -0.2) is 69.1 Å². The molecule has 3 nitrogen and oxygen atoms in total. The SMILES string of the molecule is C1CCC(C2CCC(N(C3CCC(C4CCCCC4)CC3)C3CCC(C4CCC(N(C5CCCCC5)C5CCC(C6CCC(N(C7CCC(C8CCCCC8)CC7)C7CCC(C8CCCCC8)CC7)CC6)CC5)CC4)CC3)CC2)CC1. The predicted octanol–water partition coefficient (Wildman–Crippen LogP) is 22.0. The van der Waals surface area contributed by atoms with Gasteiger partial charge in [-0.15, -0.1) is 0 Å². The molecule has 0 aliphatic heterocycles. The van der Waals surface area contributed by atoms with Gasteiger partial charge in [0.05, 0.1) is 0 Å². The molecule has 0 N–H and O–H groups in total. The second kappa shape index (κ2) is 29.9. The Kier molecular flexibility index (Phi) is 22.1. The summed E-state index contributed by atoms with van der Waals surface area (Å²) in [6.07, 6.45) is 88.4. The minimum absolute atomic E-state index is 0.905. The Morgan fingerprint density at radius 3 is 0.358 bits per heavy atom. The fraction of sp³-hybridized carbons (Fsp3) is 1.00. The van der Waals surface area contributed by atoms with E-state index in [1.807, 2.05) is 0 Å². The highest BCUT2D eigenvalue weighted by Crippen LogP contribution is 2.51. The van der Waals surface area contributed by atoms with Crippen LogP contribution < -0.4 is 0 Å². The van der Waals surface area contributed by atoms with E-state index in [1.54, 1.807) is 257 Å². The van der Waals surface area contributed by atoms with Crippen molar-refractivity contribution in [1.29, 1.82) is 0 Å². The maximum atomic E-state index is 3.36. The first-order chi connectivity index (χ1) is 40.1. The summed E-state index contributed by atoms with van der Waals surface area (Å²) in [5.41, 5.74) is 0. The molecule has 0 aromatic heterocycles. The summed E-state index contributed by atoms with van der Waals surface area (Å²) in [5.74, 6) is 12.8. The topological polar surface area (TPSA) is 9.72 Å². The van der Waals surface area contributed by atoms with Crippen LogP contribution in [0.15, 0.2) is 0 Å². The molecule has 0 unspecified atom stereocenters. The molecule has 3 heteroatoms. The third kappa shape index (κ3) is 15.0. The summed E-state index contributed by atoms with van der Waals surface area (Å²) in [6, 6.07) is 8.21. The van der Waals surface area contributed by atoms with E-state index in [4.69, 9.17) is 0 Å². The van der Waals surface area contributed by atoms with Gasteiger partial charge in [-0.2, -0.15) is 0 Å². The zero-order valence-electron chi connectivity index (χ0n) is 53.8. The van der Waals surface area contributed by atoms with E-state index >= 15 is 0 Å². The van der Waals surface area contributed by atoms with Crippen molar-refractivity contribution in [2.45, 2.75) is 420 Å². The van der Waals surface area contributed by atoms with Crippen molar-refractivity contribution < 1.29 is 0 Å². The van der Waals surface area contributed by atoms with E-state index in [2.05, 4.69) is 14.7 Å². The van der Waals surface area contributed by atoms with Gasteiger partial charge in [-0.25, -0.2) is 0 Å². The molecule has 0 aromatic carbocycles. The molecule has 13 aliphatic rings. The molecular weight excluding hydrogens is 979 g/mol. The van der Waals surface area contributed by atoms with E-state index < -0.39 is 0 Å². The summed E-state index contributed by atoms with van der Waals surface area (Å²) in [6.45, 7) is 0. The van der Waals surface area contributed by atoms with Gasteiger partial charge >= 0.3 is 0 Å². The van der Waals surface area contributed by atoms with E-state index in [1.165, 1.54) is 109 Å². The molecule has 0 amide bonds. The van der Waals surface area contributed by atoms with Crippen molar-refractivity contribution in [2.75, 3.05) is 0 Å².